The second-order valence-corrected chi connectivity index (χ2v) is 7.84. The molecule has 1 atom stereocenters. The maximum Gasteiger partial charge on any atom is 0.242 e. The Morgan fingerprint density at radius 3 is 2.12 bits per heavy atom. The Morgan fingerprint density at radius 2 is 1.60 bits per heavy atom. The summed E-state index contributed by atoms with van der Waals surface area (Å²) in [5.74, 6) is -0.380. The molecule has 2 N–H and O–H groups in total. The molecule has 6 heteroatoms. The number of amides is 1. The lowest BCUT2D eigenvalue weighted by Crippen LogP contribution is -2.42. The molecule has 2 rings (SSSR count). The second-order valence-electron chi connectivity index (χ2n) is 6.13. The number of carbonyl (C=O) groups excluding carboxylic acids is 1. The van der Waals surface area contributed by atoms with Gasteiger partial charge in [0.25, 0.3) is 0 Å². The first-order valence-electron chi connectivity index (χ1n) is 8.30. The molecule has 0 saturated heterocycles. The van der Waals surface area contributed by atoms with E-state index in [2.05, 4.69) is 10.0 Å². The van der Waals surface area contributed by atoms with Gasteiger partial charge in [0.05, 0.1) is 4.90 Å². The quantitative estimate of drug-likeness (QED) is 0.797. The van der Waals surface area contributed by atoms with E-state index in [1.54, 1.807) is 48.5 Å². The fourth-order valence-electron chi connectivity index (χ4n) is 2.41. The maximum absolute atomic E-state index is 12.7. The molecule has 0 unspecified atom stereocenters. The fourth-order valence-corrected chi connectivity index (χ4v) is 3.60. The minimum Gasteiger partial charge on any atom is -0.352 e. The Hall–Kier alpha value is -2.18. The van der Waals surface area contributed by atoms with Crippen LogP contribution >= 0.6 is 0 Å². The van der Waals surface area contributed by atoms with Crippen molar-refractivity contribution < 1.29 is 13.2 Å². The number of aryl methyl sites for hydroxylation is 1. The Morgan fingerprint density at radius 1 is 1.00 bits per heavy atom. The second kappa shape index (κ2) is 8.27. The summed E-state index contributed by atoms with van der Waals surface area (Å²) in [6.45, 7) is 5.67. The molecule has 2 aromatic rings. The molecule has 25 heavy (non-hydrogen) atoms. The highest BCUT2D eigenvalue weighted by atomic mass is 32.2. The summed E-state index contributed by atoms with van der Waals surface area (Å²) in [6.07, 6.45) is 0.831. The van der Waals surface area contributed by atoms with Crippen LogP contribution < -0.4 is 10.0 Å². The van der Waals surface area contributed by atoms with Gasteiger partial charge in [-0.25, -0.2) is 8.42 Å². The first kappa shape index (κ1) is 19.1. The lowest BCUT2D eigenvalue weighted by Gasteiger charge is -2.20. The Kier molecular flexibility index (Phi) is 6.33. The topological polar surface area (TPSA) is 75.3 Å². The van der Waals surface area contributed by atoms with Crippen LogP contribution in [0.25, 0.3) is 0 Å². The van der Waals surface area contributed by atoms with Gasteiger partial charge in [0, 0.05) is 6.04 Å². The summed E-state index contributed by atoms with van der Waals surface area (Å²) < 4.78 is 28.0. The van der Waals surface area contributed by atoms with Crippen LogP contribution in [0.2, 0.25) is 0 Å². The van der Waals surface area contributed by atoms with E-state index >= 15 is 0 Å². The van der Waals surface area contributed by atoms with Gasteiger partial charge in [0.2, 0.25) is 15.9 Å². The molecule has 0 aliphatic heterocycles. The molecule has 0 bridgehead atoms. The molecule has 0 heterocycles. The molecule has 0 aliphatic carbocycles. The molecule has 0 saturated carbocycles. The number of sulfonamides is 1. The molecule has 2 aromatic carbocycles. The van der Waals surface area contributed by atoms with Crippen LogP contribution in [-0.2, 0) is 21.2 Å². The van der Waals surface area contributed by atoms with E-state index in [9.17, 15) is 13.2 Å². The van der Waals surface area contributed by atoms with Crippen molar-refractivity contribution in [2.45, 2.75) is 44.2 Å². The molecule has 134 valence electrons. The van der Waals surface area contributed by atoms with Gasteiger partial charge < -0.3 is 5.32 Å². The Balaban J connectivity index is 2.32. The lowest BCUT2D eigenvalue weighted by atomic mass is 10.1. The third-order valence-electron chi connectivity index (χ3n) is 3.74. The number of nitrogens with one attached hydrogen (secondary N) is 2. The summed E-state index contributed by atoms with van der Waals surface area (Å²) in [4.78, 5) is 12.7. The molecular formula is C19H24N2O3S. The van der Waals surface area contributed by atoms with Gasteiger partial charge in [-0.3, -0.25) is 4.79 Å². The van der Waals surface area contributed by atoms with Crippen LogP contribution in [0.5, 0.6) is 0 Å². The number of carbonyl (C=O) groups is 1. The van der Waals surface area contributed by atoms with E-state index < -0.39 is 16.1 Å². The monoisotopic (exact) mass is 360 g/mol. The zero-order valence-corrected chi connectivity index (χ0v) is 15.5. The summed E-state index contributed by atoms with van der Waals surface area (Å²) in [6, 6.07) is 14.4. The highest BCUT2D eigenvalue weighted by Gasteiger charge is 2.27. The van der Waals surface area contributed by atoms with Crippen molar-refractivity contribution >= 4 is 15.9 Å². The Bertz CT molecular complexity index is 800. The maximum atomic E-state index is 12.7. The highest BCUT2D eigenvalue weighted by molar-refractivity contribution is 7.89. The smallest absolute Gasteiger partial charge is 0.242 e. The minimum atomic E-state index is -3.82. The lowest BCUT2D eigenvalue weighted by molar-refractivity contribution is -0.123. The van der Waals surface area contributed by atoms with Gasteiger partial charge in [-0.05, 0) is 43.5 Å². The standard InChI is InChI=1S/C19H24N2O3S/c1-4-15-10-12-17(13-11-15)25(23,24)21-18(19(22)20-14(2)3)16-8-6-5-7-9-16/h5-14,18,21H,4H2,1-3H3,(H,20,22)/t18-/m0/s1. The van der Waals surface area contributed by atoms with E-state index in [1.807, 2.05) is 26.8 Å². The van der Waals surface area contributed by atoms with E-state index in [-0.39, 0.29) is 16.8 Å². The van der Waals surface area contributed by atoms with E-state index in [1.165, 1.54) is 0 Å². The Labute approximate surface area is 149 Å². The molecule has 0 fully saturated rings. The van der Waals surface area contributed by atoms with Crippen LogP contribution in [-0.4, -0.2) is 20.4 Å². The summed E-state index contributed by atoms with van der Waals surface area (Å²) >= 11 is 0. The fraction of sp³-hybridized carbons (Fsp3) is 0.316. The average molecular weight is 360 g/mol. The first-order chi connectivity index (χ1) is 11.8. The SMILES string of the molecule is CCc1ccc(S(=O)(=O)N[C@H](C(=O)NC(C)C)c2ccccc2)cc1. The van der Waals surface area contributed by atoms with Crippen LogP contribution in [0.15, 0.2) is 59.5 Å². The van der Waals surface area contributed by atoms with Gasteiger partial charge in [-0.2, -0.15) is 4.72 Å². The molecule has 0 aromatic heterocycles. The molecule has 1 amide bonds. The van der Waals surface area contributed by atoms with Crippen molar-refractivity contribution in [2.24, 2.45) is 0 Å². The van der Waals surface area contributed by atoms with Crippen LogP contribution in [0.3, 0.4) is 0 Å². The summed E-state index contributed by atoms with van der Waals surface area (Å²) in [5, 5.41) is 2.77. The zero-order valence-electron chi connectivity index (χ0n) is 14.7. The number of benzene rings is 2. The van der Waals surface area contributed by atoms with Crippen molar-refractivity contribution in [3.8, 4) is 0 Å². The molecular weight excluding hydrogens is 336 g/mol. The number of hydrogen-bond donors (Lipinski definition) is 2. The minimum absolute atomic E-state index is 0.0907. The number of rotatable bonds is 7. The predicted molar refractivity (Wildman–Crippen MR) is 98.6 cm³/mol. The van der Waals surface area contributed by atoms with Crippen molar-refractivity contribution in [3.63, 3.8) is 0 Å². The largest absolute Gasteiger partial charge is 0.352 e. The van der Waals surface area contributed by atoms with Gasteiger partial charge in [-0.1, -0.05) is 49.4 Å². The number of hydrogen-bond acceptors (Lipinski definition) is 3. The van der Waals surface area contributed by atoms with Gasteiger partial charge >= 0.3 is 0 Å². The third-order valence-corrected chi connectivity index (χ3v) is 5.18. The van der Waals surface area contributed by atoms with Crippen molar-refractivity contribution in [3.05, 3.63) is 65.7 Å². The van der Waals surface area contributed by atoms with Crippen LogP contribution in [0.1, 0.15) is 37.9 Å². The predicted octanol–water partition coefficient (Wildman–Crippen LogP) is 2.79. The van der Waals surface area contributed by atoms with Crippen LogP contribution in [0.4, 0.5) is 0 Å². The van der Waals surface area contributed by atoms with Crippen molar-refractivity contribution in [1.29, 1.82) is 0 Å². The normalized spacial score (nSPS) is 12.8. The summed E-state index contributed by atoms with van der Waals surface area (Å²) in [5.41, 5.74) is 1.64. The van der Waals surface area contributed by atoms with Gasteiger partial charge in [0.15, 0.2) is 0 Å². The third kappa shape index (κ3) is 5.14. The highest BCUT2D eigenvalue weighted by Crippen LogP contribution is 2.18. The molecule has 5 nitrogen and oxygen atoms in total. The van der Waals surface area contributed by atoms with Gasteiger partial charge in [0.1, 0.15) is 6.04 Å². The molecule has 0 radical (unpaired) electrons. The van der Waals surface area contributed by atoms with Crippen LogP contribution in [0, 0.1) is 0 Å². The van der Waals surface area contributed by atoms with Gasteiger partial charge in [-0.15, -0.1) is 0 Å². The molecule has 0 spiro atoms. The zero-order chi connectivity index (χ0) is 18.4. The molecule has 0 aliphatic rings. The van der Waals surface area contributed by atoms with E-state index in [4.69, 9.17) is 0 Å². The van der Waals surface area contributed by atoms with Crippen molar-refractivity contribution in [2.75, 3.05) is 0 Å². The van der Waals surface area contributed by atoms with Crippen molar-refractivity contribution in [1.82, 2.24) is 10.0 Å². The summed E-state index contributed by atoms with van der Waals surface area (Å²) in [7, 11) is -3.82. The van der Waals surface area contributed by atoms with E-state index in [0.717, 1.165) is 12.0 Å². The average Bonchev–Trinajstić information content (AvgIpc) is 2.60. The van der Waals surface area contributed by atoms with E-state index in [0.29, 0.717) is 5.56 Å². The first-order valence-corrected chi connectivity index (χ1v) is 9.78.